The molecule has 0 aliphatic carbocycles. The Bertz CT molecular complexity index is 555. The lowest BCUT2D eigenvalue weighted by Gasteiger charge is -2.10. The Kier molecular flexibility index (Phi) is 6.12. The summed E-state index contributed by atoms with van der Waals surface area (Å²) in [7, 11) is -3.57. The van der Waals surface area contributed by atoms with Crippen molar-refractivity contribution < 1.29 is 18.3 Å². The minimum absolute atomic E-state index is 0.0806. The van der Waals surface area contributed by atoms with Crippen LogP contribution in [0, 0.1) is 0 Å². The van der Waals surface area contributed by atoms with Crippen molar-refractivity contribution in [2.45, 2.75) is 37.7 Å². The number of rotatable bonds is 7. The summed E-state index contributed by atoms with van der Waals surface area (Å²) >= 11 is 0. The van der Waals surface area contributed by atoms with Gasteiger partial charge in [-0.2, -0.15) is 0 Å². The third-order valence-electron chi connectivity index (χ3n) is 2.61. The van der Waals surface area contributed by atoms with Crippen LogP contribution < -0.4 is 10.0 Å². The Morgan fingerprint density at radius 3 is 2.70 bits per heavy atom. The highest BCUT2D eigenvalue weighted by Gasteiger charge is 2.15. The molecule has 1 amide bonds. The summed E-state index contributed by atoms with van der Waals surface area (Å²) < 4.78 is 26.5. The van der Waals surface area contributed by atoms with E-state index >= 15 is 0 Å². The van der Waals surface area contributed by atoms with Crippen molar-refractivity contribution >= 4 is 21.6 Å². The molecule has 0 aliphatic heterocycles. The molecule has 0 aromatic heterocycles. The Hall–Kier alpha value is -1.44. The number of hydrogen-bond acceptors (Lipinski definition) is 4. The van der Waals surface area contributed by atoms with Crippen molar-refractivity contribution in [3.8, 4) is 0 Å². The second-order valence-electron chi connectivity index (χ2n) is 4.44. The quantitative estimate of drug-likeness (QED) is 0.657. The van der Waals surface area contributed by atoms with Gasteiger partial charge < -0.3 is 10.4 Å². The van der Waals surface area contributed by atoms with Crippen molar-refractivity contribution in [2.75, 3.05) is 11.9 Å². The molecule has 0 bridgehead atoms. The minimum Gasteiger partial charge on any atom is -0.384 e. The number of anilines is 1. The van der Waals surface area contributed by atoms with Gasteiger partial charge in [-0.3, -0.25) is 4.79 Å². The zero-order valence-electron chi connectivity index (χ0n) is 11.6. The van der Waals surface area contributed by atoms with E-state index in [1.54, 1.807) is 6.07 Å². The van der Waals surface area contributed by atoms with Crippen LogP contribution in [0.25, 0.3) is 0 Å². The Morgan fingerprint density at radius 1 is 1.40 bits per heavy atom. The van der Waals surface area contributed by atoms with E-state index in [2.05, 4.69) is 10.0 Å². The maximum atomic E-state index is 12.0. The number of carbonyl (C=O) groups is 1. The molecule has 112 valence electrons. The fourth-order valence-corrected chi connectivity index (χ4v) is 2.57. The van der Waals surface area contributed by atoms with Gasteiger partial charge in [0.1, 0.15) is 6.10 Å². The number of unbranched alkanes of at least 4 members (excludes halogenated alkanes) is 1. The summed E-state index contributed by atoms with van der Waals surface area (Å²) in [5.74, 6) is -0.585. The van der Waals surface area contributed by atoms with Gasteiger partial charge in [0.2, 0.25) is 10.0 Å². The largest absolute Gasteiger partial charge is 0.384 e. The van der Waals surface area contributed by atoms with Crippen LogP contribution in [0.15, 0.2) is 29.2 Å². The third kappa shape index (κ3) is 4.92. The van der Waals surface area contributed by atoms with Crippen LogP contribution in [0.4, 0.5) is 5.69 Å². The van der Waals surface area contributed by atoms with Crippen molar-refractivity contribution in [3.63, 3.8) is 0 Å². The Labute approximate surface area is 119 Å². The number of amides is 1. The van der Waals surface area contributed by atoms with Gasteiger partial charge in [0, 0.05) is 12.2 Å². The number of aliphatic hydroxyl groups is 1. The first kappa shape index (κ1) is 16.6. The highest BCUT2D eigenvalue weighted by Crippen LogP contribution is 2.15. The van der Waals surface area contributed by atoms with Gasteiger partial charge in [-0.05, 0) is 31.5 Å². The van der Waals surface area contributed by atoms with Gasteiger partial charge in [-0.25, -0.2) is 13.1 Å². The monoisotopic (exact) mass is 300 g/mol. The predicted molar refractivity (Wildman–Crippen MR) is 76.8 cm³/mol. The lowest BCUT2D eigenvalue weighted by atomic mass is 10.3. The van der Waals surface area contributed by atoms with Gasteiger partial charge in [-0.1, -0.05) is 19.4 Å². The summed E-state index contributed by atoms with van der Waals surface area (Å²) in [5.41, 5.74) is 0.328. The van der Waals surface area contributed by atoms with Crippen LogP contribution in [0.2, 0.25) is 0 Å². The first-order valence-corrected chi connectivity index (χ1v) is 7.94. The molecule has 20 heavy (non-hydrogen) atoms. The van der Waals surface area contributed by atoms with E-state index in [4.69, 9.17) is 5.11 Å². The Morgan fingerprint density at radius 2 is 2.10 bits per heavy atom. The molecule has 0 spiro atoms. The highest BCUT2D eigenvalue weighted by atomic mass is 32.2. The average molecular weight is 300 g/mol. The van der Waals surface area contributed by atoms with Crippen LogP contribution >= 0.6 is 0 Å². The predicted octanol–water partition coefficient (Wildman–Crippen LogP) is 1.08. The smallest absolute Gasteiger partial charge is 0.252 e. The van der Waals surface area contributed by atoms with Crippen molar-refractivity contribution in [2.24, 2.45) is 0 Å². The van der Waals surface area contributed by atoms with Gasteiger partial charge in [0.25, 0.3) is 5.91 Å². The molecule has 1 aromatic carbocycles. The average Bonchev–Trinajstić information content (AvgIpc) is 2.39. The van der Waals surface area contributed by atoms with E-state index in [0.717, 1.165) is 12.8 Å². The van der Waals surface area contributed by atoms with Crippen LogP contribution in [0.3, 0.4) is 0 Å². The SMILES string of the molecule is CCCCNS(=O)(=O)c1cccc(NC(=O)[C@H](C)O)c1. The number of sulfonamides is 1. The fourth-order valence-electron chi connectivity index (χ4n) is 1.45. The normalized spacial score (nSPS) is 12.9. The minimum atomic E-state index is -3.57. The van der Waals surface area contributed by atoms with E-state index < -0.39 is 22.0 Å². The molecule has 1 atom stereocenters. The van der Waals surface area contributed by atoms with E-state index in [-0.39, 0.29) is 4.90 Å². The summed E-state index contributed by atoms with van der Waals surface area (Å²) in [6.45, 7) is 3.69. The van der Waals surface area contributed by atoms with E-state index in [9.17, 15) is 13.2 Å². The van der Waals surface area contributed by atoms with Gasteiger partial charge in [0.15, 0.2) is 0 Å². The van der Waals surface area contributed by atoms with Gasteiger partial charge in [0.05, 0.1) is 4.90 Å². The molecule has 1 aromatic rings. The lowest BCUT2D eigenvalue weighted by Crippen LogP contribution is -2.26. The van der Waals surface area contributed by atoms with Crippen LogP contribution in [0.1, 0.15) is 26.7 Å². The van der Waals surface area contributed by atoms with Crippen LogP contribution in [-0.2, 0) is 14.8 Å². The molecule has 3 N–H and O–H groups in total. The highest BCUT2D eigenvalue weighted by molar-refractivity contribution is 7.89. The first-order valence-electron chi connectivity index (χ1n) is 6.45. The van der Waals surface area contributed by atoms with Crippen LogP contribution in [-0.4, -0.2) is 32.1 Å². The molecule has 0 fully saturated rings. The first-order chi connectivity index (χ1) is 9.36. The molecule has 0 aliphatic rings. The van der Waals surface area contributed by atoms with Gasteiger partial charge in [-0.15, -0.1) is 0 Å². The molecule has 0 heterocycles. The second kappa shape index (κ2) is 7.37. The summed E-state index contributed by atoms with van der Waals surface area (Å²) in [4.78, 5) is 11.4. The fraction of sp³-hybridized carbons (Fsp3) is 0.462. The zero-order valence-corrected chi connectivity index (χ0v) is 12.4. The van der Waals surface area contributed by atoms with Crippen molar-refractivity contribution in [1.29, 1.82) is 0 Å². The third-order valence-corrected chi connectivity index (χ3v) is 4.07. The van der Waals surface area contributed by atoms with Crippen molar-refractivity contribution in [1.82, 2.24) is 4.72 Å². The topological polar surface area (TPSA) is 95.5 Å². The Balaban J connectivity index is 2.84. The van der Waals surface area contributed by atoms with Crippen LogP contribution in [0.5, 0.6) is 0 Å². The number of hydrogen-bond donors (Lipinski definition) is 3. The maximum absolute atomic E-state index is 12.0. The van der Waals surface area contributed by atoms with E-state index in [0.29, 0.717) is 12.2 Å². The molecule has 0 saturated heterocycles. The molecule has 6 nitrogen and oxygen atoms in total. The molecular formula is C13H20N2O4S. The molecule has 7 heteroatoms. The van der Waals surface area contributed by atoms with Crippen molar-refractivity contribution in [3.05, 3.63) is 24.3 Å². The molecule has 1 rings (SSSR count). The standard InChI is InChI=1S/C13H20N2O4S/c1-3-4-8-14-20(18,19)12-7-5-6-11(9-12)15-13(17)10(2)16/h5-7,9-10,14,16H,3-4,8H2,1-2H3,(H,15,17)/t10-/m0/s1. The number of aliphatic hydroxyl groups excluding tert-OH is 1. The van der Waals surface area contributed by atoms with Gasteiger partial charge >= 0.3 is 0 Å². The van der Waals surface area contributed by atoms with E-state index in [1.165, 1.54) is 25.1 Å². The summed E-state index contributed by atoms with van der Waals surface area (Å²) in [6.07, 6.45) is 0.503. The molecule has 0 radical (unpaired) electrons. The number of nitrogens with one attached hydrogen (secondary N) is 2. The molecule has 0 saturated carbocycles. The van der Waals surface area contributed by atoms with E-state index in [1.807, 2.05) is 6.92 Å². The summed E-state index contributed by atoms with van der Waals surface area (Å²) in [5, 5.41) is 11.6. The number of carbonyl (C=O) groups excluding carboxylic acids is 1. The second-order valence-corrected chi connectivity index (χ2v) is 6.21. The zero-order chi connectivity index (χ0) is 15.2. The number of benzene rings is 1. The molecular weight excluding hydrogens is 280 g/mol. The maximum Gasteiger partial charge on any atom is 0.252 e. The summed E-state index contributed by atoms with van der Waals surface area (Å²) in [6, 6.07) is 5.90. The molecule has 0 unspecified atom stereocenters. The lowest BCUT2D eigenvalue weighted by molar-refractivity contribution is -0.123.